The minimum Gasteiger partial charge on any atom is -0.497 e. The first kappa shape index (κ1) is 23.8. The van der Waals surface area contributed by atoms with Crippen molar-refractivity contribution in [2.75, 3.05) is 7.11 Å². The van der Waals surface area contributed by atoms with Crippen LogP contribution in [0.5, 0.6) is 5.75 Å². The zero-order valence-electron chi connectivity index (χ0n) is 20.3. The molecule has 1 atom stereocenters. The molecule has 0 N–H and O–H groups in total. The van der Waals surface area contributed by atoms with Gasteiger partial charge in [-0.05, 0) is 85.5 Å². The number of carbonyl (C=O) groups is 1. The van der Waals surface area contributed by atoms with E-state index in [0.717, 1.165) is 46.4 Å². The van der Waals surface area contributed by atoms with Crippen molar-refractivity contribution in [3.05, 3.63) is 130 Å². The molecule has 0 fully saturated rings. The Kier molecular flexibility index (Phi) is 6.88. The maximum atomic E-state index is 13.6. The van der Waals surface area contributed by atoms with Gasteiger partial charge in [0.15, 0.2) is 0 Å². The van der Waals surface area contributed by atoms with E-state index in [9.17, 15) is 4.79 Å². The number of aryl methyl sites for hydroxylation is 1. The van der Waals surface area contributed by atoms with Crippen molar-refractivity contribution < 1.29 is 9.53 Å². The standard InChI is InChI=1S/C31H27ClN2O2/c1-21-26(16-17-27(22-8-4-3-5-9-22)29-10-6-7-19-33-29)28-20-25(36-2)15-18-30(28)34(21)31(35)23-11-13-24(32)14-12-23/h3-15,18-20,27H,16-17H2,1-2H3. The molecule has 180 valence electrons. The fraction of sp³-hybridized carbons (Fsp3) is 0.161. The Balaban J connectivity index is 1.57. The summed E-state index contributed by atoms with van der Waals surface area (Å²) in [4.78, 5) is 18.3. The van der Waals surface area contributed by atoms with E-state index in [1.165, 1.54) is 5.56 Å². The second-order valence-electron chi connectivity index (χ2n) is 8.85. The van der Waals surface area contributed by atoms with Crippen LogP contribution in [0.15, 0.2) is 97.2 Å². The maximum Gasteiger partial charge on any atom is 0.262 e. The van der Waals surface area contributed by atoms with Crippen LogP contribution in [0.25, 0.3) is 10.9 Å². The highest BCUT2D eigenvalue weighted by Crippen LogP contribution is 2.34. The normalized spacial score (nSPS) is 12.0. The molecule has 0 amide bonds. The Morgan fingerprint density at radius 3 is 2.42 bits per heavy atom. The first-order valence-corrected chi connectivity index (χ1v) is 12.4. The molecule has 0 aliphatic heterocycles. The van der Waals surface area contributed by atoms with Crippen LogP contribution in [0.3, 0.4) is 0 Å². The molecule has 3 aromatic carbocycles. The van der Waals surface area contributed by atoms with E-state index in [2.05, 4.69) is 35.3 Å². The third kappa shape index (κ3) is 4.65. The topological polar surface area (TPSA) is 44.1 Å². The van der Waals surface area contributed by atoms with Crippen molar-refractivity contribution >= 4 is 28.4 Å². The number of hydrogen-bond acceptors (Lipinski definition) is 3. The molecule has 0 aliphatic rings. The molecular weight excluding hydrogens is 468 g/mol. The Hall–Kier alpha value is -3.89. The van der Waals surface area contributed by atoms with Gasteiger partial charge in [-0.2, -0.15) is 0 Å². The van der Waals surface area contributed by atoms with Crippen LogP contribution in [-0.4, -0.2) is 22.6 Å². The molecule has 0 bridgehead atoms. The van der Waals surface area contributed by atoms with Gasteiger partial charge in [0, 0.05) is 39.5 Å². The fourth-order valence-corrected chi connectivity index (χ4v) is 5.06. The van der Waals surface area contributed by atoms with E-state index in [1.807, 2.05) is 54.1 Å². The number of methoxy groups -OCH3 is 1. The first-order chi connectivity index (χ1) is 17.6. The van der Waals surface area contributed by atoms with Gasteiger partial charge in [-0.3, -0.25) is 14.3 Å². The molecule has 36 heavy (non-hydrogen) atoms. The van der Waals surface area contributed by atoms with Gasteiger partial charge < -0.3 is 4.74 Å². The van der Waals surface area contributed by atoms with Gasteiger partial charge in [0.1, 0.15) is 5.75 Å². The predicted octanol–water partition coefficient (Wildman–Crippen LogP) is 7.46. The number of benzene rings is 3. The molecule has 0 radical (unpaired) electrons. The van der Waals surface area contributed by atoms with Gasteiger partial charge in [-0.1, -0.05) is 48.0 Å². The van der Waals surface area contributed by atoms with Crippen LogP contribution in [-0.2, 0) is 6.42 Å². The van der Waals surface area contributed by atoms with Crippen molar-refractivity contribution in [2.45, 2.75) is 25.7 Å². The molecular formula is C31H27ClN2O2. The lowest BCUT2D eigenvalue weighted by atomic mass is 9.88. The zero-order valence-corrected chi connectivity index (χ0v) is 21.1. The summed E-state index contributed by atoms with van der Waals surface area (Å²) >= 11 is 6.06. The van der Waals surface area contributed by atoms with Crippen molar-refractivity contribution in [2.24, 2.45) is 0 Å². The highest BCUT2D eigenvalue weighted by atomic mass is 35.5. The minimum absolute atomic E-state index is 0.0741. The first-order valence-electron chi connectivity index (χ1n) is 12.0. The summed E-state index contributed by atoms with van der Waals surface area (Å²) in [6.45, 7) is 2.02. The van der Waals surface area contributed by atoms with Gasteiger partial charge in [0.2, 0.25) is 0 Å². The molecule has 0 saturated heterocycles. The quantitative estimate of drug-likeness (QED) is 0.236. The second kappa shape index (κ2) is 10.4. The minimum atomic E-state index is -0.0741. The third-order valence-corrected chi connectivity index (χ3v) is 7.02. The van der Waals surface area contributed by atoms with E-state index < -0.39 is 0 Å². The molecule has 2 heterocycles. The largest absolute Gasteiger partial charge is 0.497 e. The number of aromatic nitrogens is 2. The lowest BCUT2D eigenvalue weighted by molar-refractivity contribution is 0.0963. The van der Waals surface area contributed by atoms with Gasteiger partial charge in [-0.15, -0.1) is 0 Å². The van der Waals surface area contributed by atoms with Crippen LogP contribution < -0.4 is 4.74 Å². The molecule has 5 heteroatoms. The second-order valence-corrected chi connectivity index (χ2v) is 9.29. The van der Waals surface area contributed by atoms with E-state index in [0.29, 0.717) is 10.6 Å². The molecule has 2 aromatic heterocycles. The number of rotatable bonds is 7. The zero-order chi connectivity index (χ0) is 25.1. The Morgan fingerprint density at radius 2 is 1.72 bits per heavy atom. The van der Waals surface area contributed by atoms with Gasteiger partial charge >= 0.3 is 0 Å². The molecule has 1 unspecified atom stereocenters. The van der Waals surface area contributed by atoms with E-state index in [-0.39, 0.29) is 11.8 Å². The monoisotopic (exact) mass is 494 g/mol. The van der Waals surface area contributed by atoms with Gasteiger partial charge in [-0.25, -0.2) is 0 Å². The lowest BCUT2D eigenvalue weighted by Crippen LogP contribution is -2.13. The predicted molar refractivity (Wildman–Crippen MR) is 145 cm³/mol. The number of pyridine rings is 1. The Labute approximate surface area is 216 Å². The molecule has 0 spiro atoms. The molecule has 0 saturated carbocycles. The number of halogens is 1. The number of ether oxygens (including phenoxy) is 1. The summed E-state index contributed by atoms with van der Waals surface area (Å²) in [5.41, 5.74) is 5.82. The number of hydrogen-bond donors (Lipinski definition) is 0. The van der Waals surface area contributed by atoms with Crippen LogP contribution >= 0.6 is 11.6 Å². The molecule has 4 nitrogen and oxygen atoms in total. The fourth-order valence-electron chi connectivity index (χ4n) is 4.93. The van der Waals surface area contributed by atoms with E-state index >= 15 is 0 Å². The summed E-state index contributed by atoms with van der Waals surface area (Å²) in [6, 6.07) is 29.5. The van der Waals surface area contributed by atoms with Crippen LogP contribution in [0.1, 0.15) is 45.2 Å². The molecule has 5 aromatic rings. The maximum absolute atomic E-state index is 13.6. The lowest BCUT2D eigenvalue weighted by Gasteiger charge is -2.17. The highest BCUT2D eigenvalue weighted by molar-refractivity contribution is 6.30. The average Bonchev–Trinajstić information content (AvgIpc) is 3.20. The van der Waals surface area contributed by atoms with Gasteiger partial charge in [0.05, 0.1) is 12.6 Å². The summed E-state index contributed by atoms with van der Waals surface area (Å²) in [5.74, 6) is 0.835. The number of fused-ring (bicyclic) bond motifs is 1. The van der Waals surface area contributed by atoms with Crippen LogP contribution in [0, 0.1) is 6.92 Å². The van der Waals surface area contributed by atoms with Crippen molar-refractivity contribution in [3.63, 3.8) is 0 Å². The summed E-state index contributed by atoms with van der Waals surface area (Å²) in [5, 5.41) is 1.63. The van der Waals surface area contributed by atoms with Crippen molar-refractivity contribution in [3.8, 4) is 5.75 Å². The number of carbonyl (C=O) groups excluding carboxylic acids is 1. The van der Waals surface area contributed by atoms with E-state index in [1.54, 1.807) is 31.4 Å². The summed E-state index contributed by atoms with van der Waals surface area (Å²) in [6.07, 6.45) is 3.48. The third-order valence-electron chi connectivity index (χ3n) is 6.77. The summed E-state index contributed by atoms with van der Waals surface area (Å²) < 4.78 is 7.34. The highest BCUT2D eigenvalue weighted by Gasteiger charge is 2.22. The number of nitrogens with zero attached hydrogens (tertiary/aromatic N) is 2. The van der Waals surface area contributed by atoms with Gasteiger partial charge in [0.25, 0.3) is 5.91 Å². The van der Waals surface area contributed by atoms with Crippen LogP contribution in [0.4, 0.5) is 0 Å². The van der Waals surface area contributed by atoms with Crippen LogP contribution in [0.2, 0.25) is 5.02 Å². The van der Waals surface area contributed by atoms with Crippen molar-refractivity contribution in [1.82, 2.24) is 9.55 Å². The molecule has 5 rings (SSSR count). The smallest absolute Gasteiger partial charge is 0.262 e. The molecule has 0 aliphatic carbocycles. The Bertz CT molecular complexity index is 1450. The average molecular weight is 495 g/mol. The summed E-state index contributed by atoms with van der Waals surface area (Å²) in [7, 11) is 1.66. The SMILES string of the molecule is COc1ccc2c(c1)c(CCC(c1ccccc1)c1ccccn1)c(C)n2C(=O)c1ccc(Cl)cc1. The Morgan fingerprint density at radius 1 is 0.972 bits per heavy atom. The van der Waals surface area contributed by atoms with E-state index in [4.69, 9.17) is 16.3 Å². The van der Waals surface area contributed by atoms with Crippen molar-refractivity contribution in [1.29, 1.82) is 0 Å².